The van der Waals surface area contributed by atoms with E-state index in [1.807, 2.05) is 0 Å². The van der Waals surface area contributed by atoms with Gasteiger partial charge in [-0.05, 0) is 20.3 Å². The van der Waals surface area contributed by atoms with Crippen LogP contribution in [0.25, 0.3) is 0 Å². The molecule has 5 nitrogen and oxygen atoms in total. The number of rotatable bonds is 6. The van der Waals surface area contributed by atoms with Crippen LogP contribution in [0.15, 0.2) is 0 Å². The summed E-state index contributed by atoms with van der Waals surface area (Å²) in [5.41, 5.74) is 5.48. The van der Waals surface area contributed by atoms with E-state index in [4.69, 9.17) is 15.9 Å². The zero-order chi connectivity index (χ0) is 12.2. The molecular weight excluding hydrogens is 218 g/mol. The van der Waals surface area contributed by atoms with Crippen molar-refractivity contribution in [3.8, 4) is 0 Å². The smallest absolute Gasteiger partial charge is 0.321 e. The van der Waals surface area contributed by atoms with Crippen LogP contribution in [-0.2, 0) is 9.59 Å². The summed E-state index contributed by atoms with van der Waals surface area (Å²) in [7, 11) is 0. The molecule has 0 aromatic rings. The van der Waals surface area contributed by atoms with Gasteiger partial charge in [-0.2, -0.15) is 0 Å². The van der Waals surface area contributed by atoms with Gasteiger partial charge in [-0.3, -0.25) is 9.59 Å². The summed E-state index contributed by atoms with van der Waals surface area (Å²) in [6, 6.07) is -1.07. The Morgan fingerprint density at radius 1 is 1.33 bits per heavy atom. The zero-order valence-electron chi connectivity index (χ0n) is 9.06. The normalized spacial score (nSPS) is 15.7. The molecule has 0 heterocycles. The molecule has 0 spiro atoms. The van der Waals surface area contributed by atoms with Crippen molar-refractivity contribution in [2.75, 3.05) is 0 Å². The van der Waals surface area contributed by atoms with Crippen LogP contribution in [0.1, 0.15) is 27.2 Å². The number of nitrogens with two attached hydrogens (primary N) is 1. The summed E-state index contributed by atoms with van der Waals surface area (Å²) < 4.78 is -0.801. The number of hydrogen-bond acceptors (Lipinski definition) is 4. The SMILES string of the molecule is CCC(SC(C)(C)[C@@H](N)C(=O)O)C(=O)O. The highest BCUT2D eigenvalue weighted by atomic mass is 32.2. The molecule has 0 aromatic heterocycles. The van der Waals surface area contributed by atoms with Crippen LogP contribution in [0.5, 0.6) is 0 Å². The van der Waals surface area contributed by atoms with Gasteiger partial charge in [0.2, 0.25) is 0 Å². The second kappa shape index (κ2) is 5.37. The fourth-order valence-corrected chi connectivity index (χ4v) is 2.29. The van der Waals surface area contributed by atoms with E-state index >= 15 is 0 Å². The Morgan fingerprint density at radius 2 is 1.80 bits per heavy atom. The monoisotopic (exact) mass is 235 g/mol. The summed E-state index contributed by atoms with van der Waals surface area (Å²) in [5, 5.41) is 17.0. The lowest BCUT2D eigenvalue weighted by Crippen LogP contribution is -2.48. The number of carboxylic acid groups (broad SMARTS) is 2. The molecule has 0 radical (unpaired) electrons. The molecule has 0 bridgehead atoms. The molecule has 2 atom stereocenters. The van der Waals surface area contributed by atoms with E-state index in [0.717, 1.165) is 11.8 Å². The van der Waals surface area contributed by atoms with Gasteiger partial charge in [0.15, 0.2) is 0 Å². The first-order valence-electron chi connectivity index (χ1n) is 4.61. The van der Waals surface area contributed by atoms with Crippen molar-refractivity contribution in [2.45, 2.75) is 43.2 Å². The van der Waals surface area contributed by atoms with E-state index in [1.165, 1.54) is 0 Å². The summed E-state index contributed by atoms with van der Waals surface area (Å²) >= 11 is 1.09. The Morgan fingerprint density at radius 3 is 2.07 bits per heavy atom. The van der Waals surface area contributed by atoms with Gasteiger partial charge >= 0.3 is 11.9 Å². The topological polar surface area (TPSA) is 101 Å². The number of aliphatic carboxylic acids is 2. The van der Waals surface area contributed by atoms with Crippen LogP contribution >= 0.6 is 11.8 Å². The molecular formula is C9H17NO4S. The molecule has 1 unspecified atom stereocenters. The van der Waals surface area contributed by atoms with Crippen LogP contribution in [-0.4, -0.2) is 38.2 Å². The third-order valence-electron chi connectivity index (χ3n) is 2.11. The van der Waals surface area contributed by atoms with Gasteiger partial charge in [0.25, 0.3) is 0 Å². The average molecular weight is 235 g/mol. The number of carbonyl (C=O) groups is 2. The lowest BCUT2D eigenvalue weighted by Gasteiger charge is -2.30. The van der Waals surface area contributed by atoms with Crippen LogP contribution in [0, 0.1) is 0 Å². The van der Waals surface area contributed by atoms with Gasteiger partial charge in [0, 0.05) is 4.75 Å². The zero-order valence-corrected chi connectivity index (χ0v) is 9.87. The molecule has 15 heavy (non-hydrogen) atoms. The minimum Gasteiger partial charge on any atom is -0.480 e. The Balaban J connectivity index is 4.60. The molecule has 0 saturated carbocycles. The third kappa shape index (κ3) is 4.09. The van der Waals surface area contributed by atoms with E-state index in [2.05, 4.69) is 0 Å². The van der Waals surface area contributed by atoms with Crippen molar-refractivity contribution in [1.29, 1.82) is 0 Å². The molecule has 0 aliphatic carbocycles. The van der Waals surface area contributed by atoms with Crippen molar-refractivity contribution in [3.63, 3.8) is 0 Å². The Hall–Kier alpha value is -0.750. The van der Waals surface area contributed by atoms with E-state index in [1.54, 1.807) is 20.8 Å². The molecule has 0 aliphatic rings. The fraction of sp³-hybridized carbons (Fsp3) is 0.778. The van der Waals surface area contributed by atoms with Crippen molar-refractivity contribution in [2.24, 2.45) is 5.73 Å². The number of carboxylic acids is 2. The van der Waals surface area contributed by atoms with Gasteiger partial charge < -0.3 is 15.9 Å². The molecule has 6 heteroatoms. The maximum atomic E-state index is 10.8. The highest BCUT2D eigenvalue weighted by molar-refractivity contribution is 8.02. The second-order valence-electron chi connectivity index (χ2n) is 3.77. The molecule has 0 rings (SSSR count). The second-order valence-corrected chi connectivity index (χ2v) is 5.63. The van der Waals surface area contributed by atoms with Crippen LogP contribution < -0.4 is 5.73 Å². The minimum absolute atomic E-state index is 0.440. The highest BCUT2D eigenvalue weighted by Gasteiger charge is 2.36. The summed E-state index contributed by atoms with van der Waals surface area (Å²) in [6.45, 7) is 5.03. The summed E-state index contributed by atoms with van der Waals surface area (Å²) in [6.07, 6.45) is 0.440. The Kier molecular flexibility index (Phi) is 5.10. The van der Waals surface area contributed by atoms with Gasteiger partial charge in [-0.25, -0.2) is 0 Å². The Labute approximate surface area is 93.0 Å². The van der Waals surface area contributed by atoms with Crippen molar-refractivity contribution in [1.82, 2.24) is 0 Å². The van der Waals surface area contributed by atoms with E-state index in [-0.39, 0.29) is 0 Å². The first kappa shape index (κ1) is 14.2. The largest absolute Gasteiger partial charge is 0.480 e. The standard InChI is InChI=1S/C9H17NO4S/c1-4-5(7(11)12)15-9(2,3)6(10)8(13)14/h5-6H,4,10H2,1-3H3,(H,11,12)(H,13,14)/t5?,6-/m0/s1. The van der Waals surface area contributed by atoms with E-state index < -0.39 is 28.0 Å². The summed E-state index contributed by atoms with van der Waals surface area (Å²) in [5.74, 6) is -2.05. The molecule has 0 amide bonds. The highest BCUT2D eigenvalue weighted by Crippen LogP contribution is 2.32. The lowest BCUT2D eigenvalue weighted by molar-refractivity contribution is -0.139. The van der Waals surface area contributed by atoms with Crippen LogP contribution in [0.3, 0.4) is 0 Å². The van der Waals surface area contributed by atoms with E-state index in [9.17, 15) is 9.59 Å². The van der Waals surface area contributed by atoms with Crippen molar-refractivity contribution < 1.29 is 19.8 Å². The molecule has 0 fully saturated rings. The quantitative estimate of drug-likeness (QED) is 0.628. The van der Waals surface area contributed by atoms with Gasteiger partial charge in [-0.15, -0.1) is 11.8 Å². The summed E-state index contributed by atoms with van der Waals surface area (Å²) in [4.78, 5) is 21.5. The molecule has 0 saturated heterocycles. The third-order valence-corrected chi connectivity index (χ3v) is 3.79. The first-order valence-corrected chi connectivity index (χ1v) is 5.49. The first-order chi connectivity index (χ1) is 6.72. The van der Waals surface area contributed by atoms with Gasteiger partial charge in [0.05, 0.1) is 0 Å². The molecule has 4 N–H and O–H groups in total. The van der Waals surface area contributed by atoms with Gasteiger partial charge in [0.1, 0.15) is 11.3 Å². The van der Waals surface area contributed by atoms with Crippen LogP contribution in [0.2, 0.25) is 0 Å². The minimum atomic E-state index is -1.12. The maximum Gasteiger partial charge on any atom is 0.321 e. The lowest BCUT2D eigenvalue weighted by atomic mass is 10.1. The van der Waals surface area contributed by atoms with Crippen molar-refractivity contribution in [3.05, 3.63) is 0 Å². The average Bonchev–Trinajstić information content (AvgIpc) is 2.12. The van der Waals surface area contributed by atoms with E-state index in [0.29, 0.717) is 6.42 Å². The predicted octanol–water partition coefficient (Wildman–Crippen LogP) is 0.773. The number of hydrogen-bond donors (Lipinski definition) is 3. The Bertz CT molecular complexity index is 254. The number of thioether (sulfide) groups is 1. The molecule has 88 valence electrons. The molecule has 0 aromatic carbocycles. The molecule has 0 aliphatic heterocycles. The van der Waals surface area contributed by atoms with Crippen LogP contribution in [0.4, 0.5) is 0 Å². The van der Waals surface area contributed by atoms with Crippen molar-refractivity contribution >= 4 is 23.7 Å². The fourth-order valence-electron chi connectivity index (χ4n) is 1.05. The maximum absolute atomic E-state index is 10.8. The predicted molar refractivity (Wildman–Crippen MR) is 59.0 cm³/mol. The van der Waals surface area contributed by atoms with Gasteiger partial charge in [-0.1, -0.05) is 6.92 Å².